The van der Waals surface area contributed by atoms with Crippen molar-refractivity contribution in [3.05, 3.63) is 35.4 Å². The van der Waals surface area contributed by atoms with Crippen LogP contribution in [0.2, 0.25) is 0 Å². The first-order chi connectivity index (χ1) is 8.84. The molecule has 0 saturated carbocycles. The van der Waals surface area contributed by atoms with E-state index in [2.05, 4.69) is 5.32 Å². The zero-order valence-electron chi connectivity index (χ0n) is 9.74. The normalized spacial score (nSPS) is 12.7. The molecule has 7 heteroatoms. The van der Waals surface area contributed by atoms with Gasteiger partial charge in [-0.1, -0.05) is 12.1 Å². The number of benzene rings is 1. The summed E-state index contributed by atoms with van der Waals surface area (Å²) < 4.78 is 37.0. The number of carbonyl (C=O) groups is 1. The maximum atomic E-state index is 12.3. The minimum absolute atomic E-state index is 0.0641. The SMILES string of the molecule is N#CC(NCCC(=O)O)c1ccc(C(F)(F)F)cc1. The van der Waals surface area contributed by atoms with Gasteiger partial charge in [0.2, 0.25) is 0 Å². The number of alkyl halides is 3. The predicted molar refractivity (Wildman–Crippen MR) is 60.1 cm³/mol. The molecule has 0 fully saturated rings. The van der Waals surface area contributed by atoms with Crippen molar-refractivity contribution in [2.24, 2.45) is 0 Å². The number of nitriles is 1. The Morgan fingerprint density at radius 2 is 1.95 bits per heavy atom. The summed E-state index contributed by atoms with van der Waals surface area (Å²) in [6.07, 6.45) is -4.59. The van der Waals surface area contributed by atoms with Crippen LogP contribution in [0.1, 0.15) is 23.6 Å². The molecule has 2 N–H and O–H groups in total. The lowest BCUT2D eigenvalue weighted by Gasteiger charge is -2.12. The van der Waals surface area contributed by atoms with Crippen LogP contribution < -0.4 is 5.32 Å². The molecule has 0 aliphatic heterocycles. The number of nitrogens with one attached hydrogen (secondary N) is 1. The summed E-state index contributed by atoms with van der Waals surface area (Å²) in [6.45, 7) is 0.0641. The first kappa shape index (κ1) is 15.0. The Bertz CT molecular complexity index is 477. The van der Waals surface area contributed by atoms with Crippen molar-refractivity contribution in [3.63, 3.8) is 0 Å². The summed E-state index contributed by atoms with van der Waals surface area (Å²) in [5.41, 5.74) is -0.431. The third-order valence-electron chi connectivity index (χ3n) is 2.39. The van der Waals surface area contributed by atoms with Crippen LogP contribution in [-0.4, -0.2) is 17.6 Å². The molecule has 0 heterocycles. The second-order valence-electron chi connectivity index (χ2n) is 3.78. The number of rotatable bonds is 5. The molecular weight excluding hydrogens is 261 g/mol. The van der Waals surface area contributed by atoms with Crippen LogP contribution >= 0.6 is 0 Å². The van der Waals surface area contributed by atoms with Gasteiger partial charge in [0, 0.05) is 6.54 Å². The van der Waals surface area contributed by atoms with E-state index in [-0.39, 0.29) is 13.0 Å². The van der Waals surface area contributed by atoms with Gasteiger partial charge in [-0.25, -0.2) is 0 Å². The Morgan fingerprint density at radius 3 is 2.37 bits per heavy atom. The van der Waals surface area contributed by atoms with Crippen molar-refractivity contribution in [2.45, 2.75) is 18.6 Å². The minimum Gasteiger partial charge on any atom is -0.481 e. The number of carboxylic acids is 1. The van der Waals surface area contributed by atoms with Gasteiger partial charge in [0.25, 0.3) is 0 Å². The Hall–Kier alpha value is -2.07. The quantitative estimate of drug-likeness (QED) is 0.862. The fourth-order valence-corrected chi connectivity index (χ4v) is 1.43. The van der Waals surface area contributed by atoms with Crippen molar-refractivity contribution >= 4 is 5.97 Å². The van der Waals surface area contributed by atoms with Gasteiger partial charge in [0.15, 0.2) is 0 Å². The van der Waals surface area contributed by atoms with Gasteiger partial charge in [-0.2, -0.15) is 18.4 Å². The molecule has 0 bridgehead atoms. The molecule has 0 aliphatic carbocycles. The van der Waals surface area contributed by atoms with Crippen LogP contribution in [0.25, 0.3) is 0 Å². The highest BCUT2D eigenvalue weighted by molar-refractivity contribution is 5.66. The Morgan fingerprint density at radius 1 is 1.37 bits per heavy atom. The number of halogens is 3. The van der Waals surface area contributed by atoms with Crippen LogP contribution in [0.15, 0.2) is 24.3 Å². The van der Waals surface area contributed by atoms with Crippen LogP contribution in [0.5, 0.6) is 0 Å². The van der Waals surface area contributed by atoms with Gasteiger partial charge in [-0.05, 0) is 17.7 Å². The molecule has 0 aromatic heterocycles. The number of aliphatic carboxylic acids is 1. The first-order valence-corrected chi connectivity index (χ1v) is 5.36. The highest BCUT2D eigenvalue weighted by atomic mass is 19.4. The van der Waals surface area contributed by atoms with E-state index in [0.717, 1.165) is 12.1 Å². The van der Waals surface area contributed by atoms with Crippen molar-refractivity contribution in [3.8, 4) is 6.07 Å². The zero-order valence-corrected chi connectivity index (χ0v) is 9.74. The molecule has 0 aliphatic rings. The fraction of sp³-hybridized carbons (Fsp3) is 0.333. The summed E-state index contributed by atoms with van der Waals surface area (Å²) >= 11 is 0. The summed E-state index contributed by atoms with van der Waals surface area (Å²) in [5.74, 6) is -1.02. The lowest BCUT2D eigenvalue weighted by molar-refractivity contribution is -0.138. The third-order valence-corrected chi connectivity index (χ3v) is 2.39. The van der Waals surface area contributed by atoms with Crippen molar-refractivity contribution < 1.29 is 23.1 Å². The second kappa shape index (κ2) is 6.20. The Balaban J connectivity index is 2.72. The maximum Gasteiger partial charge on any atom is 0.416 e. The summed E-state index contributed by atoms with van der Waals surface area (Å²) in [4.78, 5) is 10.3. The average Bonchev–Trinajstić information content (AvgIpc) is 2.33. The van der Waals surface area contributed by atoms with Gasteiger partial charge in [0.1, 0.15) is 6.04 Å². The van der Waals surface area contributed by atoms with Crippen LogP contribution in [0.3, 0.4) is 0 Å². The number of hydrogen-bond donors (Lipinski definition) is 2. The molecule has 19 heavy (non-hydrogen) atoms. The molecule has 1 rings (SSSR count). The molecule has 102 valence electrons. The van der Waals surface area contributed by atoms with Crippen LogP contribution in [0, 0.1) is 11.3 Å². The van der Waals surface area contributed by atoms with Gasteiger partial charge in [-0.15, -0.1) is 0 Å². The van der Waals surface area contributed by atoms with E-state index in [1.165, 1.54) is 12.1 Å². The fourth-order valence-electron chi connectivity index (χ4n) is 1.43. The zero-order chi connectivity index (χ0) is 14.5. The van der Waals surface area contributed by atoms with Gasteiger partial charge in [-0.3, -0.25) is 10.1 Å². The molecule has 0 spiro atoms. The molecule has 0 saturated heterocycles. The minimum atomic E-state index is -4.42. The third kappa shape index (κ3) is 4.60. The number of hydrogen-bond acceptors (Lipinski definition) is 3. The Labute approximate surface area is 107 Å². The molecule has 1 aromatic carbocycles. The molecule has 0 radical (unpaired) electrons. The van der Waals surface area contributed by atoms with E-state index in [9.17, 15) is 18.0 Å². The van der Waals surface area contributed by atoms with Crippen molar-refractivity contribution in [1.29, 1.82) is 5.26 Å². The monoisotopic (exact) mass is 272 g/mol. The van der Waals surface area contributed by atoms with Gasteiger partial charge in [0.05, 0.1) is 18.1 Å². The molecule has 1 aromatic rings. The lowest BCUT2D eigenvalue weighted by atomic mass is 10.1. The van der Waals surface area contributed by atoms with E-state index in [1.807, 2.05) is 6.07 Å². The summed E-state index contributed by atoms with van der Waals surface area (Å²) in [5, 5.41) is 20.0. The van der Waals surface area contributed by atoms with E-state index < -0.39 is 23.8 Å². The smallest absolute Gasteiger partial charge is 0.416 e. The predicted octanol–water partition coefficient (Wildman–Crippen LogP) is 2.33. The van der Waals surface area contributed by atoms with Gasteiger partial charge >= 0.3 is 12.1 Å². The van der Waals surface area contributed by atoms with E-state index in [1.54, 1.807) is 0 Å². The van der Waals surface area contributed by atoms with Crippen LogP contribution in [0.4, 0.5) is 13.2 Å². The van der Waals surface area contributed by atoms with Crippen LogP contribution in [-0.2, 0) is 11.0 Å². The summed E-state index contributed by atoms with van der Waals surface area (Å²) in [7, 11) is 0. The van der Waals surface area contributed by atoms with E-state index in [0.29, 0.717) is 5.56 Å². The lowest BCUT2D eigenvalue weighted by Crippen LogP contribution is -2.23. The Kier molecular flexibility index (Phi) is 4.89. The second-order valence-corrected chi connectivity index (χ2v) is 3.78. The van der Waals surface area contributed by atoms with Crippen molar-refractivity contribution in [1.82, 2.24) is 5.32 Å². The standard InChI is InChI=1S/C12H11F3N2O2/c13-12(14,15)9-3-1-8(2-4-9)10(7-16)17-6-5-11(18)19/h1-4,10,17H,5-6H2,(H,18,19). The molecule has 0 amide bonds. The van der Waals surface area contributed by atoms with E-state index >= 15 is 0 Å². The highest BCUT2D eigenvalue weighted by Gasteiger charge is 2.30. The largest absolute Gasteiger partial charge is 0.481 e. The number of carboxylic acid groups (broad SMARTS) is 1. The number of nitrogens with zero attached hydrogens (tertiary/aromatic N) is 1. The molecule has 4 nitrogen and oxygen atoms in total. The topological polar surface area (TPSA) is 73.1 Å². The average molecular weight is 272 g/mol. The molecule has 1 unspecified atom stereocenters. The van der Waals surface area contributed by atoms with E-state index in [4.69, 9.17) is 10.4 Å². The summed E-state index contributed by atoms with van der Waals surface area (Å²) in [6, 6.07) is 5.21. The highest BCUT2D eigenvalue weighted by Crippen LogP contribution is 2.29. The van der Waals surface area contributed by atoms with Crippen molar-refractivity contribution in [2.75, 3.05) is 6.54 Å². The maximum absolute atomic E-state index is 12.3. The van der Waals surface area contributed by atoms with Gasteiger partial charge < -0.3 is 5.11 Å². The molecular formula is C12H11F3N2O2. The molecule has 1 atom stereocenters. The first-order valence-electron chi connectivity index (χ1n) is 5.36.